The van der Waals surface area contributed by atoms with Crippen molar-refractivity contribution in [1.82, 2.24) is 0 Å². The minimum atomic E-state index is -0.413. The van der Waals surface area contributed by atoms with Gasteiger partial charge in [0.25, 0.3) is 0 Å². The zero-order chi connectivity index (χ0) is 13.0. The van der Waals surface area contributed by atoms with Crippen molar-refractivity contribution in [3.63, 3.8) is 0 Å². The van der Waals surface area contributed by atoms with Gasteiger partial charge >= 0.3 is 5.97 Å². The highest BCUT2D eigenvalue weighted by atomic mass is 16.6. The standard InChI is InChI=1S/C13H13NO4/c1-2-17-13(15)9-18-12-5-3-4-10-8-14(16)7-6-11(10)12/h3-8H,2,9H2,1H3. The molecule has 0 radical (unpaired) electrons. The molecule has 0 amide bonds. The summed E-state index contributed by atoms with van der Waals surface area (Å²) in [6.07, 6.45) is 2.84. The molecule has 0 saturated carbocycles. The monoisotopic (exact) mass is 247 g/mol. The van der Waals surface area contributed by atoms with Gasteiger partial charge in [0, 0.05) is 11.5 Å². The highest BCUT2D eigenvalue weighted by Gasteiger charge is 2.07. The van der Waals surface area contributed by atoms with Crippen molar-refractivity contribution in [2.24, 2.45) is 0 Å². The van der Waals surface area contributed by atoms with E-state index in [1.165, 1.54) is 12.4 Å². The van der Waals surface area contributed by atoms with Crippen LogP contribution in [0.3, 0.4) is 0 Å². The molecule has 18 heavy (non-hydrogen) atoms. The van der Waals surface area contributed by atoms with Crippen molar-refractivity contribution in [2.45, 2.75) is 6.92 Å². The minimum absolute atomic E-state index is 0.140. The molecule has 0 fully saturated rings. The van der Waals surface area contributed by atoms with Gasteiger partial charge in [-0.1, -0.05) is 6.07 Å². The van der Waals surface area contributed by atoms with Crippen LogP contribution in [0.2, 0.25) is 0 Å². The van der Waals surface area contributed by atoms with Gasteiger partial charge in [0.1, 0.15) is 5.75 Å². The van der Waals surface area contributed by atoms with Crippen molar-refractivity contribution in [3.8, 4) is 5.75 Å². The van der Waals surface area contributed by atoms with E-state index in [0.717, 1.165) is 15.5 Å². The molecule has 5 heteroatoms. The van der Waals surface area contributed by atoms with Gasteiger partial charge in [-0.15, -0.1) is 0 Å². The first kappa shape index (κ1) is 12.2. The number of benzene rings is 1. The molecule has 0 bridgehead atoms. The molecule has 2 rings (SSSR count). The molecule has 0 N–H and O–H groups in total. The number of aromatic nitrogens is 1. The molecule has 5 nitrogen and oxygen atoms in total. The third kappa shape index (κ3) is 2.68. The number of carbonyl (C=O) groups excluding carboxylic acids is 1. The second kappa shape index (κ2) is 5.35. The quantitative estimate of drug-likeness (QED) is 0.465. The lowest BCUT2D eigenvalue weighted by molar-refractivity contribution is -0.603. The predicted octanol–water partition coefficient (Wildman–Crippen LogP) is 1.42. The number of ether oxygens (including phenoxy) is 2. The van der Waals surface area contributed by atoms with Gasteiger partial charge in [-0.05, 0) is 19.1 Å². The van der Waals surface area contributed by atoms with E-state index >= 15 is 0 Å². The van der Waals surface area contributed by atoms with Crippen LogP contribution in [0.25, 0.3) is 10.8 Å². The maximum absolute atomic E-state index is 11.2. The molecule has 0 aliphatic rings. The van der Waals surface area contributed by atoms with Crippen molar-refractivity contribution in [3.05, 3.63) is 41.9 Å². The van der Waals surface area contributed by atoms with Crippen molar-refractivity contribution >= 4 is 16.7 Å². The highest BCUT2D eigenvalue weighted by molar-refractivity contribution is 5.87. The van der Waals surface area contributed by atoms with E-state index in [0.29, 0.717) is 12.4 Å². The van der Waals surface area contributed by atoms with Gasteiger partial charge in [0.15, 0.2) is 19.0 Å². The van der Waals surface area contributed by atoms with Gasteiger partial charge in [-0.3, -0.25) is 0 Å². The SMILES string of the molecule is CCOC(=O)COc1cccc2c[n+]([O-])ccc12. The van der Waals surface area contributed by atoms with Crippen LogP contribution >= 0.6 is 0 Å². The largest absolute Gasteiger partial charge is 0.619 e. The third-order valence-electron chi connectivity index (χ3n) is 2.41. The molecule has 0 aliphatic carbocycles. The topological polar surface area (TPSA) is 62.5 Å². The number of esters is 1. The molecule has 0 unspecified atom stereocenters. The first-order valence-corrected chi connectivity index (χ1v) is 5.60. The smallest absolute Gasteiger partial charge is 0.344 e. The average Bonchev–Trinajstić information content (AvgIpc) is 2.36. The fourth-order valence-electron chi connectivity index (χ4n) is 1.65. The molecule has 0 atom stereocenters. The minimum Gasteiger partial charge on any atom is -0.619 e. The Labute approximate surface area is 104 Å². The van der Waals surface area contributed by atoms with E-state index in [-0.39, 0.29) is 6.61 Å². The molecular formula is C13H13NO4. The molecule has 94 valence electrons. The summed E-state index contributed by atoms with van der Waals surface area (Å²) in [6.45, 7) is 1.93. The summed E-state index contributed by atoms with van der Waals surface area (Å²) in [5.74, 6) is 0.144. The number of rotatable bonds is 4. The summed E-state index contributed by atoms with van der Waals surface area (Å²) in [7, 11) is 0. The van der Waals surface area contributed by atoms with E-state index in [1.54, 1.807) is 31.2 Å². The van der Waals surface area contributed by atoms with Crippen LogP contribution < -0.4 is 9.47 Å². The van der Waals surface area contributed by atoms with Crippen molar-refractivity contribution in [1.29, 1.82) is 0 Å². The van der Waals surface area contributed by atoms with Gasteiger partial charge in [-0.25, -0.2) is 4.79 Å². The van der Waals surface area contributed by atoms with E-state index in [4.69, 9.17) is 9.47 Å². The van der Waals surface area contributed by atoms with Crippen LogP contribution in [0.15, 0.2) is 36.7 Å². The molecule has 1 aromatic carbocycles. The lowest BCUT2D eigenvalue weighted by atomic mass is 10.1. The van der Waals surface area contributed by atoms with Crippen LogP contribution in [0, 0.1) is 5.21 Å². The van der Waals surface area contributed by atoms with Gasteiger partial charge in [0.05, 0.1) is 12.0 Å². The van der Waals surface area contributed by atoms with Gasteiger partial charge in [-0.2, -0.15) is 4.73 Å². The second-order valence-corrected chi connectivity index (χ2v) is 3.66. The lowest BCUT2D eigenvalue weighted by Gasteiger charge is -2.08. The summed E-state index contributed by atoms with van der Waals surface area (Å²) in [4.78, 5) is 11.2. The first-order chi connectivity index (χ1) is 8.70. The summed E-state index contributed by atoms with van der Waals surface area (Å²) in [5, 5.41) is 12.7. The highest BCUT2D eigenvalue weighted by Crippen LogP contribution is 2.23. The van der Waals surface area contributed by atoms with Gasteiger partial charge in [0.2, 0.25) is 0 Å². The number of nitrogens with zero attached hydrogens (tertiary/aromatic N) is 1. The normalized spacial score (nSPS) is 10.3. The Bertz CT molecular complexity index is 568. The fourth-order valence-corrected chi connectivity index (χ4v) is 1.65. The van der Waals surface area contributed by atoms with Crippen LogP contribution in [0.1, 0.15) is 6.92 Å². The molecule has 0 aliphatic heterocycles. The Morgan fingerprint density at radius 1 is 1.39 bits per heavy atom. The fraction of sp³-hybridized carbons (Fsp3) is 0.231. The van der Waals surface area contributed by atoms with E-state index in [9.17, 15) is 10.0 Å². The molecule has 1 aromatic heterocycles. The number of carbonyl (C=O) groups is 1. The molecule has 2 aromatic rings. The maximum atomic E-state index is 11.2. The summed E-state index contributed by atoms with van der Waals surface area (Å²) in [5.41, 5.74) is 0. The number of pyridine rings is 1. The average molecular weight is 247 g/mol. The van der Waals surface area contributed by atoms with E-state index < -0.39 is 5.97 Å². The van der Waals surface area contributed by atoms with Crippen LogP contribution in [-0.4, -0.2) is 19.2 Å². The van der Waals surface area contributed by atoms with Gasteiger partial charge < -0.3 is 14.7 Å². The summed E-state index contributed by atoms with van der Waals surface area (Å²) < 4.78 is 10.9. The second-order valence-electron chi connectivity index (χ2n) is 3.66. The lowest BCUT2D eigenvalue weighted by Crippen LogP contribution is -2.23. The number of hydrogen-bond donors (Lipinski definition) is 0. The molecular weight excluding hydrogens is 234 g/mol. The molecule has 0 saturated heterocycles. The Kier molecular flexibility index (Phi) is 3.62. The summed E-state index contributed by atoms with van der Waals surface area (Å²) in [6, 6.07) is 6.98. The third-order valence-corrected chi connectivity index (χ3v) is 2.41. The van der Waals surface area contributed by atoms with Crippen LogP contribution in [-0.2, 0) is 9.53 Å². The van der Waals surface area contributed by atoms with Crippen LogP contribution in [0.4, 0.5) is 0 Å². The number of fused-ring (bicyclic) bond motifs is 1. The van der Waals surface area contributed by atoms with E-state index in [1.807, 2.05) is 0 Å². The Morgan fingerprint density at radius 3 is 3.00 bits per heavy atom. The first-order valence-electron chi connectivity index (χ1n) is 5.60. The zero-order valence-electron chi connectivity index (χ0n) is 9.96. The van der Waals surface area contributed by atoms with Crippen molar-refractivity contribution < 1.29 is 19.0 Å². The Morgan fingerprint density at radius 2 is 2.22 bits per heavy atom. The van der Waals surface area contributed by atoms with Crippen molar-refractivity contribution in [2.75, 3.05) is 13.2 Å². The molecule has 1 heterocycles. The molecule has 0 spiro atoms. The van der Waals surface area contributed by atoms with E-state index in [2.05, 4.69) is 0 Å². The Hall–Kier alpha value is -2.30. The zero-order valence-corrected chi connectivity index (χ0v) is 9.96. The van der Waals surface area contributed by atoms with Crippen LogP contribution in [0.5, 0.6) is 5.75 Å². The number of hydrogen-bond acceptors (Lipinski definition) is 4. The summed E-state index contributed by atoms with van der Waals surface area (Å²) >= 11 is 0. The Balaban J connectivity index is 2.20. The maximum Gasteiger partial charge on any atom is 0.344 e. The predicted molar refractivity (Wildman–Crippen MR) is 65.0 cm³/mol.